The molecule has 2 rings (SSSR count). The third kappa shape index (κ3) is 4.65. The number of nitrogens with zero attached hydrogens (tertiary/aromatic N) is 3. The van der Waals surface area contributed by atoms with E-state index in [1.165, 1.54) is 12.1 Å². The van der Waals surface area contributed by atoms with E-state index in [1.54, 1.807) is 26.0 Å². The second-order valence-electron chi connectivity index (χ2n) is 6.55. The summed E-state index contributed by atoms with van der Waals surface area (Å²) >= 11 is 0. The molecule has 8 nitrogen and oxygen atoms in total. The molecule has 0 aromatic heterocycles. The number of rotatable bonds is 6. The molecule has 0 saturated carbocycles. The maximum atomic E-state index is 12.8. The first-order chi connectivity index (χ1) is 12.8. The van der Waals surface area contributed by atoms with Gasteiger partial charge < -0.3 is 25.4 Å². The van der Waals surface area contributed by atoms with Crippen LogP contribution in [-0.2, 0) is 9.53 Å². The number of hydrogen-bond donors (Lipinski definition) is 2. The van der Waals surface area contributed by atoms with E-state index >= 15 is 0 Å². The Kier molecular flexibility index (Phi) is 6.58. The van der Waals surface area contributed by atoms with Crippen molar-refractivity contribution in [2.75, 3.05) is 32.5 Å². The molecule has 144 valence electrons. The van der Waals surface area contributed by atoms with Gasteiger partial charge in [-0.25, -0.2) is 4.79 Å². The van der Waals surface area contributed by atoms with Gasteiger partial charge in [0.2, 0.25) is 0 Å². The number of nitriles is 1. The highest BCUT2D eigenvalue weighted by Crippen LogP contribution is 2.39. The summed E-state index contributed by atoms with van der Waals surface area (Å²) < 4.78 is 5.39. The minimum absolute atomic E-state index is 0.0129. The molecule has 1 aromatic carbocycles. The molecule has 1 atom stereocenters. The van der Waals surface area contributed by atoms with Crippen LogP contribution in [0.5, 0.6) is 0 Å². The summed E-state index contributed by atoms with van der Waals surface area (Å²) in [7, 11) is 3.75. The summed E-state index contributed by atoms with van der Waals surface area (Å²) in [6, 6.07) is 8.32. The molecule has 1 aliphatic rings. The van der Waals surface area contributed by atoms with E-state index in [0.717, 1.165) is 0 Å². The smallest absolute Gasteiger partial charge is 0.336 e. The molecular weight excluding hydrogens is 348 g/mol. The van der Waals surface area contributed by atoms with Gasteiger partial charge in [0.1, 0.15) is 6.61 Å². The van der Waals surface area contributed by atoms with Crippen molar-refractivity contribution in [2.45, 2.75) is 19.8 Å². The first-order valence-electron chi connectivity index (χ1n) is 8.42. The van der Waals surface area contributed by atoms with E-state index in [0.29, 0.717) is 34.6 Å². The largest absolute Gasteiger partial charge is 0.733 e. The minimum Gasteiger partial charge on any atom is -0.733 e. The molecule has 0 spiro atoms. The molecule has 0 unspecified atom stereocenters. The molecule has 0 aliphatic carbocycles. The van der Waals surface area contributed by atoms with Crippen molar-refractivity contribution in [1.29, 1.82) is 5.26 Å². The number of nitrogens with one attached hydrogen (secondary N) is 1. The van der Waals surface area contributed by atoms with Crippen LogP contribution in [0.4, 0.5) is 5.69 Å². The van der Waals surface area contributed by atoms with Crippen LogP contribution in [0.15, 0.2) is 46.8 Å². The minimum atomic E-state index is -0.692. The summed E-state index contributed by atoms with van der Waals surface area (Å²) in [5.41, 5.74) is 2.42. The summed E-state index contributed by atoms with van der Waals surface area (Å²) in [5, 5.41) is 32.9. The lowest BCUT2D eigenvalue weighted by atomic mass is 9.81. The van der Waals surface area contributed by atoms with Gasteiger partial charge in [0, 0.05) is 17.9 Å². The normalized spacial score (nSPS) is 16.9. The highest BCUT2D eigenvalue weighted by atomic mass is 16.8. The summed E-state index contributed by atoms with van der Waals surface area (Å²) in [6.45, 7) is 4.27. The van der Waals surface area contributed by atoms with Crippen LogP contribution >= 0.6 is 0 Å². The highest BCUT2D eigenvalue weighted by molar-refractivity contribution is 5.93. The highest BCUT2D eigenvalue weighted by Gasteiger charge is 2.34. The molecular formula is C19H23N4O4-. The fraction of sp³-hybridized carbons (Fsp3) is 0.368. The van der Waals surface area contributed by atoms with Crippen molar-refractivity contribution in [1.82, 2.24) is 10.2 Å². The summed E-state index contributed by atoms with van der Waals surface area (Å²) in [5.74, 6) is -1.22. The number of benzene rings is 1. The Balaban J connectivity index is 2.46. The van der Waals surface area contributed by atoms with E-state index < -0.39 is 11.9 Å². The molecule has 27 heavy (non-hydrogen) atoms. The van der Waals surface area contributed by atoms with Gasteiger partial charge in [-0.3, -0.25) is 5.21 Å². The third-order valence-corrected chi connectivity index (χ3v) is 4.30. The van der Waals surface area contributed by atoms with E-state index in [9.17, 15) is 20.5 Å². The maximum absolute atomic E-state index is 12.8. The number of ether oxygens (including phenoxy) is 1. The molecule has 0 saturated heterocycles. The number of allylic oxidation sites excluding steroid dienone is 3. The SMILES string of the molecule is CC1=C(C#N)[C@H](c2cccc(N([O-])O)c2)C(C(=O)OCCN(C)C)=C(C)N1. The number of esters is 1. The van der Waals surface area contributed by atoms with Gasteiger partial charge in [0.15, 0.2) is 0 Å². The van der Waals surface area contributed by atoms with Crippen LogP contribution in [0.1, 0.15) is 25.3 Å². The molecule has 0 radical (unpaired) electrons. The van der Waals surface area contributed by atoms with E-state index in [1.807, 2.05) is 19.0 Å². The second kappa shape index (κ2) is 8.68. The molecule has 1 heterocycles. The van der Waals surface area contributed by atoms with Crippen molar-refractivity contribution in [3.8, 4) is 6.07 Å². The Bertz CT molecular complexity index is 821. The van der Waals surface area contributed by atoms with Gasteiger partial charge >= 0.3 is 5.97 Å². The summed E-state index contributed by atoms with van der Waals surface area (Å²) in [6.07, 6.45) is 0. The van der Waals surface area contributed by atoms with Crippen LogP contribution in [-0.4, -0.2) is 43.3 Å². The summed E-state index contributed by atoms with van der Waals surface area (Å²) in [4.78, 5) is 14.7. The van der Waals surface area contributed by atoms with E-state index in [-0.39, 0.29) is 17.5 Å². The average molecular weight is 371 g/mol. The van der Waals surface area contributed by atoms with Gasteiger partial charge in [-0.05, 0) is 45.6 Å². The number of carbonyl (C=O) groups is 1. The van der Waals surface area contributed by atoms with Gasteiger partial charge in [0.25, 0.3) is 0 Å². The van der Waals surface area contributed by atoms with Gasteiger partial charge in [0.05, 0.1) is 28.8 Å². The second-order valence-corrected chi connectivity index (χ2v) is 6.55. The van der Waals surface area contributed by atoms with Crippen molar-refractivity contribution >= 4 is 11.7 Å². The molecule has 0 amide bonds. The van der Waals surface area contributed by atoms with Gasteiger partial charge in [-0.15, -0.1) is 0 Å². The lowest BCUT2D eigenvalue weighted by Gasteiger charge is -2.30. The molecule has 0 bridgehead atoms. The fourth-order valence-corrected chi connectivity index (χ4v) is 2.97. The average Bonchev–Trinajstić information content (AvgIpc) is 2.60. The lowest BCUT2D eigenvalue weighted by molar-refractivity contribution is -0.139. The van der Waals surface area contributed by atoms with Gasteiger partial charge in [-0.2, -0.15) is 5.26 Å². The first-order valence-corrected chi connectivity index (χ1v) is 8.42. The van der Waals surface area contributed by atoms with Crippen molar-refractivity contribution in [2.24, 2.45) is 0 Å². The number of carbonyl (C=O) groups excluding carboxylic acids is 1. The quantitative estimate of drug-likeness (QED) is 0.578. The van der Waals surface area contributed by atoms with Crippen molar-refractivity contribution in [3.05, 3.63) is 57.6 Å². The molecule has 1 aromatic rings. The van der Waals surface area contributed by atoms with Crippen LogP contribution < -0.4 is 10.5 Å². The number of anilines is 1. The fourth-order valence-electron chi connectivity index (χ4n) is 2.97. The zero-order valence-electron chi connectivity index (χ0n) is 15.8. The Morgan fingerprint density at radius 2 is 2.07 bits per heavy atom. The zero-order chi connectivity index (χ0) is 20.1. The Morgan fingerprint density at radius 1 is 1.37 bits per heavy atom. The topological polar surface area (TPSA) is 112 Å². The van der Waals surface area contributed by atoms with Gasteiger partial charge in [-0.1, -0.05) is 12.1 Å². The predicted octanol–water partition coefficient (Wildman–Crippen LogP) is 2.24. The number of dihydropyridines is 1. The predicted molar refractivity (Wildman–Crippen MR) is 100 cm³/mol. The number of likely N-dealkylation sites (N-methyl/N-ethyl adjacent to an activating group) is 1. The van der Waals surface area contributed by atoms with E-state index in [2.05, 4.69) is 11.4 Å². The Hall–Kier alpha value is -2.86. The molecule has 8 heteroatoms. The molecule has 1 aliphatic heterocycles. The molecule has 2 N–H and O–H groups in total. The standard InChI is InChI=1S/C19H23N4O4/c1-12-16(11-20)18(14-6-5-7-15(10-14)23(25)26)17(13(2)21-12)19(24)27-9-8-22(3)4/h5-7,10,18,21,25H,8-9H2,1-4H3/q-1/t18-/m0/s1. The van der Waals surface area contributed by atoms with E-state index in [4.69, 9.17) is 4.74 Å². The van der Waals surface area contributed by atoms with Crippen molar-refractivity contribution < 1.29 is 14.7 Å². The Labute approximate surface area is 158 Å². The first kappa shape index (κ1) is 20.5. The molecule has 0 fully saturated rings. The van der Waals surface area contributed by atoms with Crippen LogP contribution in [0.2, 0.25) is 0 Å². The Morgan fingerprint density at radius 3 is 2.67 bits per heavy atom. The lowest BCUT2D eigenvalue weighted by Crippen LogP contribution is -2.30. The third-order valence-electron chi connectivity index (χ3n) is 4.30. The van der Waals surface area contributed by atoms with Crippen LogP contribution in [0.25, 0.3) is 0 Å². The maximum Gasteiger partial charge on any atom is 0.336 e. The zero-order valence-corrected chi connectivity index (χ0v) is 15.8. The van der Waals surface area contributed by atoms with Crippen molar-refractivity contribution in [3.63, 3.8) is 0 Å². The number of hydrogen-bond acceptors (Lipinski definition) is 8. The monoisotopic (exact) mass is 371 g/mol. The van der Waals surface area contributed by atoms with Crippen LogP contribution in [0.3, 0.4) is 0 Å². The van der Waals surface area contributed by atoms with Crippen LogP contribution in [0, 0.1) is 16.5 Å².